The number of carbonyl (C=O) groups excluding carboxylic acids is 1. The molecule has 1 saturated heterocycles. The third-order valence-electron chi connectivity index (χ3n) is 3.12. The van der Waals surface area contributed by atoms with Gasteiger partial charge in [0.2, 0.25) is 0 Å². The zero-order valence-electron chi connectivity index (χ0n) is 10.3. The maximum Gasteiger partial charge on any atom is 0.324 e. The van der Waals surface area contributed by atoms with Gasteiger partial charge in [-0.25, -0.2) is 4.79 Å². The molecule has 0 spiro atoms. The van der Waals surface area contributed by atoms with E-state index in [-0.39, 0.29) is 6.03 Å². The lowest BCUT2D eigenvalue weighted by atomic mass is 10.3. The Morgan fingerprint density at radius 1 is 1.24 bits per heavy atom. The van der Waals surface area contributed by atoms with Crippen LogP contribution in [0.4, 0.5) is 10.5 Å². The molecule has 4 nitrogen and oxygen atoms in total. The first-order valence-electron chi connectivity index (χ1n) is 5.89. The van der Waals surface area contributed by atoms with Crippen LogP contribution in [0.25, 0.3) is 0 Å². The maximum absolute atomic E-state index is 12.1. The van der Waals surface area contributed by atoms with Crippen molar-refractivity contribution in [1.82, 2.24) is 4.90 Å². The molecule has 0 bridgehead atoms. The summed E-state index contributed by atoms with van der Waals surface area (Å²) in [6.07, 6.45) is 2.23. The molecule has 0 aliphatic carbocycles. The van der Waals surface area contributed by atoms with E-state index in [1.165, 1.54) is 0 Å². The summed E-state index contributed by atoms with van der Waals surface area (Å²) in [6, 6.07) is 7.60. The molecule has 17 heavy (non-hydrogen) atoms. The number of hydrogen-bond donors (Lipinski definition) is 0. The lowest BCUT2D eigenvalue weighted by molar-refractivity contribution is 0.217. The summed E-state index contributed by atoms with van der Waals surface area (Å²) in [5.74, 6) is 0.802. The zero-order valence-corrected chi connectivity index (χ0v) is 10.3. The van der Waals surface area contributed by atoms with Crippen LogP contribution in [0.5, 0.6) is 5.75 Å². The highest BCUT2D eigenvalue weighted by atomic mass is 16.5. The van der Waals surface area contributed by atoms with Crippen molar-refractivity contribution in [3.8, 4) is 5.75 Å². The van der Waals surface area contributed by atoms with Crippen molar-refractivity contribution in [2.45, 2.75) is 12.8 Å². The Morgan fingerprint density at radius 2 is 1.82 bits per heavy atom. The van der Waals surface area contributed by atoms with E-state index < -0.39 is 0 Å². The quantitative estimate of drug-likeness (QED) is 0.787. The van der Waals surface area contributed by atoms with Crippen LogP contribution in [-0.4, -0.2) is 38.2 Å². The first kappa shape index (κ1) is 11.8. The highest BCUT2D eigenvalue weighted by Gasteiger charge is 2.21. The summed E-state index contributed by atoms with van der Waals surface area (Å²) < 4.78 is 5.10. The van der Waals surface area contributed by atoms with Gasteiger partial charge in [0.05, 0.1) is 7.11 Å². The lowest BCUT2D eigenvalue weighted by Crippen LogP contribution is -2.39. The molecule has 1 aromatic rings. The van der Waals surface area contributed by atoms with E-state index >= 15 is 0 Å². The monoisotopic (exact) mass is 234 g/mol. The second-order valence-electron chi connectivity index (χ2n) is 4.23. The standard InChI is InChI=1S/C13H18N2O2/c1-14(13(16)15-9-3-4-10-15)11-5-7-12(17-2)8-6-11/h5-8H,3-4,9-10H2,1-2H3. The summed E-state index contributed by atoms with van der Waals surface area (Å²) in [5.41, 5.74) is 0.891. The van der Waals surface area contributed by atoms with Gasteiger partial charge in [-0.15, -0.1) is 0 Å². The molecule has 0 N–H and O–H groups in total. The number of benzene rings is 1. The van der Waals surface area contributed by atoms with Crippen LogP contribution in [0.1, 0.15) is 12.8 Å². The number of rotatable bonds is 2. The molecule has 0 radical (unpaired) electrons. The van der Waals surface area contributed by atoms with Gasteiger partial charge in [0.1, 0.15) is 5.75 Å². The van der Waals surface area contributed by atoms with Gasteiger partial charge in [-0.05, 0) is 37.1 Å². The molecule has 1 aliphatic rings. The maximum atomic E-state index is 12.1. The van der Waals surface area contributed by atoms with Crippen LogP contribution < -0.4 is 9.64 Å². The highest BCUT2D eigenvalue weighted by molar-refractivity contribution is 5.91. The molecular weight excluding hydrogens is 216 g/mol. The molecular formula is C13H18N2O2. The molecule has 1 aromatic carbocycles. The fourth-order valence-electron chi connectivity index (χ4n) is 2.04. The number of nitrogens with zero attached hydrogens (tertiary/aromatic N) is 2. The van der Waals surface area contributed by atoms with Gasteiger partial charge in [0.25, 0.3) is 0 Å². The number of likely N-dealkylation sites (tertiary alicyclic amines) is 1. The van der Waals surface area contributed by atoms with E-state index in [4.69, 9.17) is 4.74 Å². The first-order valence-corrected chi connectivity index (χ1v) is 5.89. The van der Waals surface area contributed by atoms with Crippen LogP contribution in [0.2, 0.25) is 0 Å². The average molecular weight is 234 g/mol. The molecule has 2 amide bonds. The zero-order chi connectivity index (χ0) is 12.3. The van der Waals surface area contributed by atoms with Crippen LogP contribution in [0.15, 0.2) is 24.3 Å². The number of amides is 2. The topological polar surface area (TPSA) is 32.8 Å². The Hall–Kier alpha value is -1.71. The van der Waals surface area contributed by atoms with E-state index in [2.05, 4.69) is 0 Å². The Balaban J connectivity index is 2.07. The van der Waals surface area contributed by atoms with Crippen molar-refractivity contribution in [2.24, 2.45) is 0 Å². The number of urea groups is 1. The second-order valence-corrected chi connectivity index (χ2v) is 4.23. The van der Waals surface area contributed by atoms with Gasteiger partial charge in [0.15, 0.2) is 0 Å². The minimum atomic E-state index is 0.0765. The van der Waals surface area contributed by atoms with Gasteiger partial charge in [0, 0.05) is 25.8 Å². The number of ether oxygens (including phenoxy) is 1. The minimum Gasteiger partial charge on any atom is -0.497 e. The Bertz CT molecular complexity index is 383. The van der Waals surface area contributed by atoms with Gasteiger partial charge in [-0.1, -0.05) is 0 Å². The molecule has 0 unspecified atom stereocenters. The van der Waals surface area contributed by atoms with Crippen molar-refractivity contribution in [1.29, 1.82) is 0 Å². The predicted octanol–water partition coefficient (Wildman–Crippen LogP) is 2.35. The third-order valence-corrected chi connectivity index (χ3v) is 3.12. The molecule has 4 heteroatoms. The Morgan fingerprint density at radius 3 is 2.35 bits per heavy atom. The van der Waals surface area contributed by atoms with Crippen molar-refractivity contribution < 1.29 is 9.53 Å². The van der Waals surface area contributed by atoms with Crippen LogP contribution >= 0.6 is 0 Å². The van der Waals surface area contributed by atoms with Gasteiger partial charge >= 0.3 is 6.03 Å². The van der Waals surface area contributed by atoms with Crippen LogP contribution in [0, 0.1) is 0 Å². The molecule has 1 fully saturated rings. The smallest absolute Gasteiger partial charge is 0.324 e. The Kier molecular flexibility index (Phi) is 3.52. The SMILES string of the molecule is COc1ccc(N(C)C(=O)N2CCCC2)cc1. The molecule has 2 rings (SSSR count). The van der Waals surface area contributed by atoms with Crippen molar-refractivity contribution >= 4 is 11.7 Å². The summed E-state index contributed by atoms with van der Waals surface area (Å²) >= 11 is 0. The Labute approximate surface area is 102 Å². The predicted molar refractivity (Wildman–Crippen MR) is 67.6 cm³/mol. The van der Waals surface area contributed by atoms with E-state index in [0.29, 0.717) is 0 Å². The molecule has 0 aromatic heterocycles. The normalized spacial score (nSPS) is 14.8. The van der Waals surface area contributed by atoms with Gasteiger partial charge in [-0.2, -0.15) is 0 Å². The molecule has 1 heterocycles. The minimum absolute atomic E-state index is 0.0765. The number of carbonyl (C=O) groups is 1. The van der Waals surface area contributed by atoms with E-state index in [1.807, 2.05) is 36.2 Å². The van der Waals surface area contributed by atoms with Crippen LogP contribution in [-0.2, 0) is 0 Å². The van der Waals surface area contributed by atoms with Gasteiger partial charge in [-0.3, -0.25) is 4.90 Å². The number of methoxy groups -OCH3 is 1. The molecule has 0 atom stereocenters. The summed E-state index contributed by atoms with van der Waals surface area (Å²) in [5, 5.41) is 0. The van der Waals surface area contributed by atoms with Gasteiger partial charge < -0.3 is 9.64 Å². The summed E-state index contributed by atoms with van der Waals surface area (Å²) in [7, 11) is 3.44. The van der Waals surface area contributed by atoms with Crippen molar-refractivity contribution in [2.75, 3.05) is 32.1 Å². The second kappa shape index (κ2) is 5.08. The molecule has 1 aliphatic heterocycles. The average Bonchev–Trinajstić information content (AvgIpc) is 2.91. The fraction of sp³-hybridized carbons (Fsp3) is 0.462. The molecule has 92 valence electrons. The highest BCUT2D eigenvalue weighted by Crippen LogP contribution is 2.20. The van der Waals surface area contributed by atoms with E-state index in [1.54, 1.807) is 12.0 Å². The van der Waals surface area contributed by atoms with Crippen LogP contribution in [0.3, 0.4) is 0 Å². The fourth-order valence-corrected chi connectivity index (χ4v) is 2.04. The van der Waals surface area contributed by atoms with E-state index in [0.717, 1.165) is 37.4 Å². The number of anilines is 1. The van der Waals surface area contributed by atoms with E-state index in [9.17, 15) is 4.79 Å². The lowest BCUT2D eigenvalue weighted by Gasteiger charge is -2.24. The number of hydrogen-bond acceptors (Lipinski definition) is 2. The summed E-state index contributed by atoms with van der Waals surface area (Å²) in [4.78, 5) is 15.7. The largest absolute Gasteiger partial charge is 0.497 e. The summed E-state index contributed by atoms with van der Waals surface area (Å²) in [6.45, 7) is 1.75. The molecule has 0 saturated carbocycles. The van der Waals surface area contributed by atoms with Crippen molar-refractivity contribution in [3.63, 3.8) is 0 Å². The third kappa shape index (κ3) is 2.52. The van der Waals surface area contributed by atoms with Crippen molar-refractivity contribution in [3.05, 3.63) is 24.3 Å². The first-order chi connectivity index (χ1) is 8.22.